The lowest BCUT2D eigenvalue weighted by molar-refractivity contribution is 0.427. The van der Waals surface area contributed by atoms with Crippen LogP contribution in [0.2, 0.25) is 0 Å². The number of pyridine rings is 1. The Morgan fingerprint density at radius 3 is 2.90 bits per heavy atom. The van der Waals surface area contributed by atoms with Crippen molar-refractivity contribution < 1.29 is 13.2 Å². The Balaban J connectivity index is 0.000000704. The Labute approximate surface area is 119 Å². The average Bonchev–Trinajstić information content (AvgIpc) is 2.55. The fourth-order valence-corrected chi connectivity index (χ4v) is 3.45. The topological polar surface area (TPSA) is 68.3 Å². The molecule has 0 aromatic carbocycles. The number of allylic oxidation sites excluding steroid dienone is 1. The third-order valence-corrected chi connectivity index (χ3v) is 4.42. The van der Waals surface area contributed by atoms with Crippen LogP contribution in [0.1, 0.15) is 26.5 Å². The summed E-state index contributed by atoms with van der Waals surface area (Å²) in [5, 5.41) is 3.08. The van der Waals surface area contributed by atoms with Crippen molar-refractivity contribution in [2.24, 2.45) is 0 Å². The van der Waals surface area contributed by atoms with Gasteiger partial charge in [0, 0.05) is 12.2 Å². The fraction of sp³-hybridized carbons (Fsp3) is 0.357. The number of ether oxygens (including phenoxy) is 1. The second-order valence-electron chi connectivity index (χ2n) is 4.29. The molecule has 0 amide bonds. The first kappa shape index (κ1) is 14.6. The zero-order chi connectivity index (χ0) is 14.8. The maximum atomic E-state index is 12.3. The van der Waals surface area contributed by atoms with E-state index in [4.69, 9.17) is 4.74 Å². The molecule has 1 unspecified atom stereocenters. The van der Waals surface area contributed by atoms with Crippen LogP contribution in [0.5, 0.6) is 5.75 Å². The molecule has 1 aromatic rings. The molecule has 20 heavy (non-hydrogen) atoms. The molecule has 0 saturated heterocycles. The van der Waals surface area contributed by atoms with Gasteiger partial charge in [0.05, 0.1) is 5.69 Å². The van der Waals surface area contributed by atoms with Gasteiger partial charge in [-0.1, -0.05) is 19.9 Å². The summed E-state index contributed by atoms with van der Waals surface area (Å²) in [6.07, 6.45) is 5.11. The summed E-state index contributed by atoms with van der Waals surface area (Å²) < 4.78 is 30.2. The number of hydrogen-bond donors (Lipinski definition) is 1. The van der Waals surface area contributed by atoms with Gasteiger partial charge in [0.25, 0.3) is 0 Å². The lowest BCUT2D eigenvalue weighted by atomic mass is 10.2. The molecule has 3 heterocycles. The Kier molecular flexibility index (Phi) is 4.13. The standard InChI is InChI=1S/C12H12N2O3S.C2H6/c1-8-4-5-11-12(14-8)18(15,16)7-9-10(17-11)3-2-6-13-9;1-2/h2-6,8,14H,7H2,1H3;1-2H3. The highest BCUT2D eigenvalue weighted by Gasteiger charge is 2.31. The maximum Gasteiger partial charge on any atom is 0.202 e. The molecule has 0 radical (unpaired) electrons. The van der Waals surface area contributed by atoms with E-state index in [1.807, 2.05) is 26.8 Å². The van der Waals surface area contributed by atoms with E-state index in [1.165, 1.54) is 0 Å². The third kappa shape index (κ3) is 2.70. The molecule has 108 valence electrons. The van der Waals surface area contributed by atoms with E-state index in [0.717, 1.165) is 0 Å². The summed E-state index contributed by atoms with van der Waals surface area (Å²) in [5.74, 6) is 0.683. The zero-order valence-electron chi connectivity index (χ0n) is 11.8. The molecule has 1 atom stereocenters. The van der Waals surface area contributed by atoms with Gasteiger partial charge >= 0.3 is 0 Å². The minimum absolute atomic E-state index is 0.0312. The number of hydrogen-bond acceptors (Lipinski definition) is 5. The van der Waals surface area contributed by atoms with Crippen LogP contribution in [-0.2, 0) is 15.6 Å². The van der Waals surface area contributed by atoms with Crippen LogP contribution in [0, 0.1) is 0 Å². The van der Waals surface area contributed by atoms with E-state index < -0.39 is 9.84 Å². The molecule has 1 N–H and O–H groups in total. The number of aromatic nitrogens is 1. The molecular formula is C14H18N2O3S. The molecule has 2 aliphatic heterocycles. The van der Waals surface area contributed by atoms with Crippen molar-refractivity contribution in [2.45, 2.75) is 32.6 Å². The molecular weight excluding hydrogens is 276 g/mol. The van der Waals surface area contributed by atoms with Crippen molar-refractivity contribution in [3.05, 3.63) is 47.0 Å². The van der Waals surface area contributed by atoms with Crippen LogP contribution < -0.4 is 10.1 Å². The molecule has 0 spiro atoms. The van der Waals surface area contributed by atoms with Crippen molar-refractivity contribution >= 4 is 9.84 Å². The molecule has 2 aliphatic rings. The van der Waals surface area contributed by atoms with E-state index in [2.05, 4.69) is 10.3 Å². The number of dihydropyridines is 1. The molecule has 0 aliphatic carbocycles. The van der Waals surface area contributed by atoms with E-state index in [0.29, 0.717) is 17.2 Å². The first-order chi connectivity index (χ1) is 9.56. The van der Waals surface area contributed by atoms with Gasteiger partial charge < -0.3 is 10.1 Å². The third-order valence-electron chi connectivity index (χ3n) is 2.82. The number of sulfone groups is 1. The minimum Gasteiger partial charge on any atom is -0.452 e. The highest BCUT2D eigenvalue weighted by Crippen LogP contribution is 2.30. The lowest BCUT2D eigenvalue weighted by Gasteiger charge is -2.19. The van der Waals surface area contributed by atoms with Gasteiger partial charge in [0.1, 0.15) is 11.5 Å². The van der Waals surface area contributed by atoms with Crippen LogP contribution >= 0.6 is 0 Å². The molecule has 0 bridgehead atoms. The van der Waals surface area contributed by atoms with E-state index in [9.17, 15) is 8.42 Å². The van der Waals surface area contributed by atoms with Crippen molar-refractivity contribution in [1.82, 2.24) is 10.3 Å². The van der Waals surface area contributed by atoms with Crippen molar-refractivity contribution in [2.75, 3.05) is 0 Å². The Morgan fingerprint density at radius 1 is 1.40 bits per heavy atom. The number of nitrogens with zero attached hydrogens (tertiary/aromatic N) is 1. The summed E-state index contributed by atoms with van der Waals surface area (Å²) in [7, 11) is -3.44. The monoisotopic (exact) mass is 294 g/mol. The largest absolute Gasteiger partial charge is 0.452 e. The van der Waals surface area contributed by atoms with Gasteiger partial charge in [-0.15, -0.1) is 0 Å². The first-order valence-corrected chi connectivity index (χ1v) is 8.25. The number of rotatable bonds is 0. The SMILES string of the molecule is CC.CC1C=CC2=C(N1)S(=O)(=O)Cc1ncccc1O2. The molecule has 6 heteroatoms. The molecule has 0 saturated carbocycles. The van der Waals surface area contributed by atoms with Gasteiger partial charge in [0.15, 0.2) is 10.8 Å². The van der Waals surface area contributed by atoms with Gasteiger partial charge in [0.2, 0.25) is 9.84 Å². The van der Waals surface area contributed by atoms with Gasteiger partial charge in [-0.05, 0) is 25.1 Å². The molecule has 3 rings (SSSR count). The predicted molar refractivity (Wildman–Crippen MR) is 77.6 cm³/mol. The highest BCUT2D eigenvalue weighted by molar-refractivity contribution is 7.94. The molecule has 0 fully saturated rings. The smallest absolute Gasteiger partial charge is 0.202 e. The normalized spacial score (nSPS) is 22.2. The van der Waals surface area contributed by atoms with Gasteiger partial charge in [-0.3, -0.25) is 4.98 Å². The van der Waals surface area contributed by atoms with Crippen molar-refractivity contribution in [3.63, 3.8) is 0 Å². The summed E-state index contributed by atoms with van der Waals surface area (Å²) >= 11 is 0. The summed E-state index contributed by atoms with van der Waals surface area (Å²) in [6.45, 7) is 5.88. The first-order valence-electron chi connectivity index (χ1n) is 6.60. The summed E-state index contributed by atoms with van der Waals surface area (Å²) in [6, 6.07) is 3.41. The van der Waals surface area contributed by atoms with E-state index >= 15 is 0 Å². The minimum atomic E-state index is -3.44. The maximum absolute atomic E-state index is 12.3. The van der Waals surface area contributed by atoms with Crippen molar-refractivity contribution in [3.8, 4) is 5.75 Å². The van der Waals surface area contributed by atoms with Crippen LogP contribution in [0.15, 0.2) is 41.3 Å². The number of nitrogens with one attached hydrogen (secondary N) is 1. The fourth-order valence-electron chi connectivity index (χ4n) is 1.95. The van der Waals surface area contributed by atoms with Gasteiger partial charge in [-0.2, -0.15) is 0 Å². The van der Waals surface area contributed by atoms with E-state index in [1.54, 1.807) is 24.4 Å². The van der Waals surface area contributed by atoms with Crippen molar-refractivity contribution in [1.29, 1.82) is 0 Å². The predicted octanol–water partition coefficient (Wildman–Crippen LogP) is 2.13. The second-order valence-corrected chi connectivity index (χ2v) is 6.22. The van der Waals surface area contributed by atoms with Crippen LogP contribution in [0.25, 0.3) is 0 Å². The van der Waals surface area contributed by atoms with E-state index in [-0.39, 0.29) is 16.8 Å². The highest BCUT2D eigenvalue weighted by atomic mass is 32.2. The van der Waals surface area contributed by atoms with Gasteiger partial charge in [-0.25, -0.2) is 8.42 Å². The quantitative estimate of drug-likeness (QED) is 0.794. The average molecular weight is 294 g/mol. The van der Waals surface area contributed by atoms with Crippen LogP contribution in [-0.4, -0.2) is 19.4 Å². The Morgan fingerprint density at radius 2 is 2.15 bits per heavy atom. The molecule has 1 aromatic heterocycles. The lowest BCUT2D eigenvalue weighted by Crippen LogP contribution is -2.32. The Hall–Kier alpha value is -1.82. The molecule has 5 nitrogen and oxygen atoms in total. The number of fused-ring (bicyclic) bond motifs is 1. The summed E-state index contributed by atoms with van der Waals surface area (Å²) in [5.41, 5.74) is 0.440. The Bertz CT molecular complexity index is 663. The summed E-state index contributed by atoms with van der Waals surface area (Å²) in [4.78, 5) is 4.07. The second kappa shape index (κ2) is 5.66. The van der Waals surface area contributed by atoms with Crippen LogP contribution in [0.3, 0.4) is 0 Å². The zero-order valence-corrected chi connectivity index (χ0v) is 12.6. The van der Waals surface area contributed by atoms with Crippen LogP contribution in [0.4, 0.5) is 0 Å².